The van der Waals surface area contributed by atoms with E-state index in [-0.39, 0.29) is 6.09 Å². The molecule has 1 fully saturated rings. The molecular formula is C17H26N4O3. The van der Waals surface area contributed by atoms with Crippen molar-refractivity contribution in [3.63, 3.8) is 0 Å². The summed E-state index contributed by atoms with van der Waals surface area (Å²) in [6, 6.07) is 7.93. The number of amides is 1. The number of methoxy groups -OCH3 is 1. The Hall–Kier alpha value is -2.44. The van der Waals surface area contributed by atoms with Crippen LogP contribution in [0.2, 0.25) is 0 Å². The van der Waals surface area contributed by atoms with Crippen LogP contribution >= 0.6 is 0 Å². The smallest absolute Gasteiger partial charge is 0.409 e. The lowest BCUT2D eigenvalue weighted by molar-refractivity contribution is 0.0914. The highest BCUT2D eigenvalue weighted by Gasteiger charge is 2.23. The molecular weight excluding hydrogens is 308 g/mol. The third-order valence-corrected chi connectivity index (χ3v) is 3.90. The Kier molecular flexibility index (Phi) is 6.72. The van der Waals surface area contributed by atoms with Gasteiger partial charge in [-0.2, -0.15) is 0 Å². The van der Waals surface area contributed by atoms with Crippen LogP contribution in [0, 0.1) is 0 Å². The monoisotopic (exact) mass is 334 g/mol. The second kappa shape index (κ2) is 9.00. The van der Waals surface area contributed by atoms with Crippen molar-refractivity contribution < 1.29 is 14.3 Å². The van der Waals surface area contributed by atoms with E-state index in [0.717, 1.165) is 30.4 Å². The van der Waals surface area contributed by atoms with Gasteiger partial charge in [-0.1, -0.05) is 12.1 Å². The summed E-state index contributed by atoms with van der Waals surface area (Å²) in [5.41, 5.74) is 1.13. The average Bonchev–Trinajstić information content (AvgIpc) is 2.63. The number of piperazine rings is 1. The van der Waals surface area contributed by atoms with Crippen LogP contribution < -0.4 is 10.1 Å². The highest BCUT2D eigenvalue weighted by Crippen LogP contribution is 2.12. The van der Waals surface area contributed by atoms with E-state index in [9.17, 15) is 4.79 Å². The van der Waals surface area contributed by atoms with Crippen molar-refractivity contribution in [1.29, 1.82) is 0 Å². The largest absolute Gasteiger partial charge is 0.497 e. The van der Waals surface area contributed by atoms with E-state index in [0.29, 0.717) is 26.2 Å². The van der Waals surface area contributed by atoms with Gasteiger partial charge < -0.3 is 24.6 Å². The SMILES string of the molecule is CCOC(=O)N1CCN(C(=NC)NCc2cccc(OC)c2)CC1. The second-order valence-corrected chi connectivity index (χ2v) is 5.43. The molecule has 1 aromatic carbocycles. The molecule has 7 heteroatoms. The van der Waals surface area contributed by atoms with Crippen LogP contribution in [0.3, 0.4) is 0 Å². The first-order chi connectivity index (χ1) is 11.7. The number of ether oxygens (including phenoxy) is 2. The molecule has 0 radical (unpaired) electrons. The van der Waals surface area contributed by atoms with E-state index in [1.807, 2.05) is 31.2 Å². The Bertz CT molecular complexity index is 569. The van der Waals surface area contributed by atoms with Gasteiger partial charge in [0.15, 0.2) is 5.96 Å². The third-order valence-electron chi connectivity index (χ3n) is 3.90. The lowest BCUT2D eigenvalue weighted by Gasteiger charge is -2.35. The molecule has 7 nitrogen and oxygen atoms in total. The van der Waals surface area contributed by atoms with E-state index in [4.69, 9.17) is 9.47 Å². The minimum Gasteiger partial charge on any atom is -0.497 e. The van der Waals surface area contributed by atoms with Crippen LogP contribution in [0.25, 0.3) is 0 Å². The molecule has 1 aliphatic heterocycles. The number of carbonyl (C=O) groups excluding carboxylic acids is 1. The highest BCUT2D eigenvalue weighted by molar-refractivity contribution is 5.80. The molecule has 0 atom stereocenters. The number of nitrogens with zero attached hydrogens (tertiary/aromatic N) is 3. The maximum Gasteiger partial charge on any atom is 0.409 e. The molecule has 1 saturated heterocycles. The lowest BCUT2D eigenvalue weighted by atomic mass is 10.2. The number of rotatable bonds is 4. The van der Waals surface area contributed by atoms with Gasteiger partial charge in [0.05, 0.1) is 13.7 Å². The Morgan fingerprint density at radius 2 is 1.96 bits per heavy atom. The molecule has 1 aromatic rings. The first kappa shape index (κ1) is 17.9. The van der Waals surface area contributed by atoms with Gasteiger partial charge in [0, 0.05) is 39.8 Å². The van der Waals surface area contributed by atoms with Crippen molar-refractivity contribution in [3.05, 3.63) is 29.8 Å². The molecule has 1 aliphatic rings. The summed E-state index contributed by atoms with van der Waals surface area (Å²) in [6.07, 6.45) is -0.239. The third kappa shape index (κ3) is 4.78. The van der Waals surface area contributed by atoms with Crippen molar-refractivity contribution >= 4 is 12.1 Å². The fourth-order valence-corrected chi connectivity index (χ4v) is 2.61. The van der Waals surface area contributed by atoms with Crippen molar-refractivity contribution in [2.24, 2.45) is 4.99 Å². The molecule has 132 valence electrons. The first-order valence-electron chi connectivity index (χ1n) is 8.18. The average molecular weight is 334 g/mol. The van der Waals surface area contributed by atoms with Crippen molar-refractivity contribution in [2.75, 3.05) is 46.9 Å². The summed E-state index contributed by atoms with van der Waals surface area (Å²) in [4.78, 5) is 20.0. The zero-order valence-corrected chi connectivity index (χ0v) is 14.6. The minimum atomic E-state index is -0.239. The van der Waals surface area contributed by atoms with Crippen molar-refractivity contribution in [2.45, 2.75) is 13.5 Å². The summed E-state index contributed by atoms with van der Waals surface area (Å²) in [6.45, 7) is 5.63. The lowest BCUT2D eigenvalue weighted by Crippen LogP contribution is -2.53. The normalized spacial score (nSPS) is 15.2. The summed E-state index contributed by atoms with van der Waals surface area (Å²) >= 11 is 0. The quantitative estimate of drug-likeness (QED) is 0.668. The predicted octanol–water partition coefficient (Wildman–Crippen LogP) is 1.54. The molecule has 0 bridgehead atoms. The number of hydrogen-bond acceptors (Lipinski definition) is 4. The highest BCUT2D eigenvalue weighted by atomic mass is 16.6. The molecule has 1 heterocycles. The van der Waals surface area contributed by atoms with Gasteiger partial charge in [-0.25, -0.2) is 4.79 Å². The number of carbonyl (C=O) groups is 1. The van der Waals surface area contributed by atoms with Gasteiger partial charge in [-0.15, -0.1) is 0 Å². The van der Waals surface area contributed by atoms with Crippen LogP contribution in [-0.4, -0.2) is 68.8 Å². The van der Waals surface area contributed by atoms with Crippen LogP contribution in [-0.2, 0) is 11.3 Å². The van der Waals surface area contributed by atoms with Gasteiger partial charge in [0.25, 0.3) is 0 Å². The van der Waals surface area contributed by atoms with Gasteiger partial charge >= 0.3 is 6.09 Å². The van der Waals surface area contributed by atoms with Gasteiger partial charge in [0.2, 0.25) is 0 Å². The Morgan fingerprint density at radius 3 is 2.58 bits per heavy atom. The summed E-state index contributed by atoms with van der Waals surface area (Å²) in [7, 11) is 3.43. The molecule has 0 aromatic heterocycles. The standard InChI is InChI=1S/C17H26N4O3/c1-4-24-17(22)21-10-8-20(9-11-21)16(18-2)19-13-14-6-5-7-15(12-14)23-3/h5-7,12H,4,8-11,13H2,1-3H3,(H,18,19). The Labute approximate surface area is 143 Å². The van der Waals surface area contributed by atoms with Gasteiger partial charge in [-0.3, -0.25) is 4.99 Å². The fraction of sp³-hybridized carbons (Fsp3) is 0.529. The van der Waals surface area contributed by atoms with E-state index in [1.54, 1.807) is 19.1 Å². The molecule has 1 N–H and O–H groups in total. The zero-order valence-electron chi connectivity index (χ0n) is 14.6. The number of guanidine groups is 1. The Balaban J connectivity index is 1.85. The fourth-order valence-electron chi connectivity index (χ4n) is 2.61. The first-order valence-corrected chi connectivity index (χ1v) is 8.18. The number of nitrogens with one attached hydrogen (secondary N) is 1. The van der Waals surface area contributed by atoms with E-state index in [2.05, 4.69) is 15.2 Å². The molecule has 0 unspecified atom stereocenters. The topological polar surface area (TPSA) is 66.4 Å². The molecule has 2 rings (SSSR count). The van der Waals surface area contributed by atoms with Crippen LogP contribution in [0.5, 0.6) is 5.75 Å². The number of hydrogen-bond donors (Lipinski definition) is 1. The van der Waals surface area contributed by atoms with Crippen LogP contribution in [0.4, 0.5) is 4.79 Å². The van der Waals surface area contributed by atoms with E-state index >= 15 is 0 Å². The summed E-state index contributed by atoms with van der Waals surface area (Å²) < 4.78 is 10.3. The minimum absolute atomic E-state index is 0.239. The number of benzene rings is 1. The second-order valence-electron chi connectivity index (χ2n) is 5.43. The number of aliphatic imine (C=N–C) groups is 1. The molecule has 0 aliphatic carbocycles. The van der Waals surface area contributed by atoms with Crippen molar-refractivity contribution in [3.8, 4) is 5.75 Å². The Morgan fingerprint density at radius 1 is 1.25 bits per heavy atom. The summed E-state index contributed by atoms with van der Waals surface area (Å²) in [5.74, 6) is 1.67. The molecule has 24 heavy (non-hydrogen) atoms. The van der Waals surface area contributed by atoms with Crippen molar-refractivity contribution in [1.82, 2.24) is 15.1 Å². The summed E-state index contributed by atoms with van der Waals surface area (Å²) in [5, 5.41) is 3.36. The van der Waals surface area contributed by atoms with E-state index in [1.165, 1.54) is 0 Å². The predicted molar refractivity (Wildman–Crippen MR) is 93.4 cm³/mol. The van der Waals surface area contributed by atoms with E-state index < -0.39 is 0 Å². The zero-order chi connectivity index (χ0) is 17.4. The van der Waals surface area contributed by atoms with Crippen LogP contribution in [0.15, 0.2) is 29.3 Å². The van der Waals surface area contributed by atoms with Gasteiger partial charge in [0.1, 0.15) is 5.75 Å². The molecule has 1 amide bonds. The molecule has 0 saturated carbocycles. The van der Waals surface area contributed by atoms with Crippen LogP contribution in [0.1, 0.15) is 12.5 Å². The van der Waals surface area contributed by atoms with Gasteiger partial charge in [-0.05, 0) is 24.6 Å². The maximum atomic E-state index is 11.7. The molecule has 0 spiro atoms. The maximum absolute atomic E-state index is 11.7.